The summed E-state index contributed by atoms with van der Waals surface area (Å²) >= 11 is 0. The zero-order chi connectivity index (χ0) is 17.9. The highest BCUT2D eigenvalue weighted by molar-refractivity contribution is 5.84. The van der Waals surface area contributed by atoms with Gasteiger partial charge >= 0.3 is 5.97 Å². The van der Waals surface area contributed by atoms with Crippen LogP contribution in [0.4, 0.5) is 0 Å². The molecule has 3 saturated carbocycles. The van der Waals surface area contributed by atoms with E-state index in [1.54, 1.807) is 0 Å². The maximum Gasteiger partial charge on any atom is 0.315 e. The van der Waals surface area contributed by atoms with Crippen LogP contribution in [0.3, 0.4) is 0 Å². The van der Waals surface area contributed by atoms with Gasteiger partial charge in [-0.2, -0.15) is 0 Å². The number of ether oxygens (including phenoxy) is 2. The van der Waals surface area contributed by atoms with Crippen molar-refractivity contribution in [3.63, 3.8) is 0 Å². The predicted molar refractivity (Wildman–Crippen MR) is 99.2 cm³/mol. The summed E-state index contributed by atoms with van der Waals surface area (Å²) in [5.74, 6) is 1.79. The Morgan fingerprint density at radius 2 is 2.08 bits per heavy atom. The van der Waals surface area contributed by atoms with Gasteiger partial charge in [-0.05, 0) is 62.3 Å². The molecule has 4 aliphatic rings. The van der Waals surface area contributed by atoms with Crippen molar-refractivity contribution in [2.24, 2.45) is 29.1 Å². The lowest BCUT2D eigenvalue weighted by Gasteiger charge is -2.66. The molecule has 0 amide bonds. The number of hydrogen-bond acceptors (Lipinski definition) is 3. The largest absolute Gasteiger partial charge is 0.465 e. The van der Waals surface area contributed by atoms with E-state index in [1.807, 2.05) is 13.0 Å². The first-order valence-corrected chi connectivity index (χ1v) is 10.2. The molecule has 0 aliphatic heterocycles. The summed E-state index contributed by atoms with van der Waals surface area (Å²) in [5.41, 5.74) is 1.91. The molecule has 5 rings (SSSR count). The van der Waals surface area contributed by atoms with E-state index in [-0.39, 0.29) is 11.6 Å². The van der Waals surface area contributed by atoms with Crippen molar-refractivity contribution in [3.8, 4) is 0 Å². The van der Waals surface area contributed by atoms with Gasteiger partial charge in [-0.1, -0.05) is 48.4 Å². The second kappa shape index (κ2) is 5.69. The van der Waals surface area contributed by atoms with E-state index in [0.717, 1.165) is 19.3 Å². The number of esters is 1. The van der Waals surface area contributed by atoms with Crippen LogP contribution in [0.15, 0.2) is 42.0 Å². The molecule has 0 unspecified atom stereocenters. The molecule has 0 radical (unpaired) electrons. The Balaban J connectivity index is 1.53. The fourth-order valence-corrected chi connectivity index (χ4v) is 7.16. The number of carbonyl (C=O) groups excluding carboxylic acids is 1. The van der Waals surface area contributed by atoms with Crippen LogP contribution in [0.5, 0.6) is 0 Å². The Morgan fingerprint density at radius 3 is 2.85 bits per heavy atom. The third kappa shape index (κ3) is 1.80. The van der Waals surface area contributed by atoms with Crippen LogP contribution in [0.2, 0.25) is 0 Å². The van der Waals surface area contributed by atoms with Crippen molar-refractivity contribution in [2.45, 2.75) is 51.7 Å². The summed E-state index contributed by atoms with van der Waals surface area (Å²) in [6, 6.07) is 10.4. The van der Waals surface area contributed by atoms with Crippen molar-refractivity contribution >= 4 is 5.97 Å². The minimum absolute atomic E-state index is 0.00691. The minimum atomic E-state index is -0.441. The third-order valence-corrected chi connectivity index (χ3v) is 7.85. The van der Waals surface area contributed by atoms with Gasteiger partial charge in [0.15, 0.2) is 0 Å². The van der Waals surface area contributed by atoms with E-state index in [9.17, 15) is 4.79 Å². The number of hydrogen-bond donors (Lipinski definition) is 0. The van der Waals surface area contributed by atoms with Crippen molar-refractivity contribution in [1.29, 1.82) is 0 Å². The summed E-state index contributed by atoms with van der Waals surface area (Å²) in [6.45, 7) is 5.21. The summed E-state index contributed by atoms with van der Waals surface area (Å²) in [6.07, 6.45) is 6.82. The lowest BCUT2D eigenvalue weighted by Crippen LogP contribution is -2.74. The van der Waals surface area contributed by atoms with Gasteiger partial charge in [0, 0.05) is 0 Å². The van der Waals surface area contributed by atoms with Crippen LogP contribution < -0.4 is 0 Å². The van der Waals surface area contributed by atoms with Gasteiger partial charge in [0.05, 0.1) is 18.8 Å². The molecule has 0 heterocycles. The van der Waals surface area contributed by atoms with Gasteiger partial charge in [-0.15, -0.1) is 0 Å². The molecule has 3 heteroatoms. The van der Waals surface area contributed by atoms with Crippen LogP contribution in [-0.2, 0) is 20.9 Å². The maximum atomic E-state index is 13.4. The van der Waals surface area contributed by atoms with Crippen molar-refractivity contribution in [2.75, 3.05) is 6.61 Å². The summed E-state index contributed by atoms with van der Waals surface area (Å²) in [7, 11) is 0. The van der Waals surface area contributed by atoms with Gasteiger partial charge in [-0.3, -0.25) is 4.79 Å². The van der Waals surface area contributed by atoms with Crippen LogP contribution in [0, 0.1) is 29.1 Å². The van der Waals surface area contributed by atoms with Crippen LogP contribution in [0.1, 0.15) is 45.1 Å². The van der Waals surface area contributed by atoms with Crippen molar-refractivity contribution in [3.05, 3.63) is 47.5 Å². The van der Waals surface area contributed by atoms with Gasteiger partial charge in [0.1, 0.15) is 5.41 Å². The molecule has 1 aromatic rings. The Morgan fingerprint density at radius 1 is 1.27 bits per heavy atom. The number of carbonyl (C=O) groups is 1. The van der Waals surface area contributed by atoms with Gasteiger partial charge in [0.2, 0.25) is 0 Å². The molecule has 26 heavy (non-hydrogen) atoms. The van der Waals surface area contributed by atoms with Crippen molar-refractivity contribution in [1.82, 2.24) is 0 Å². The average Bonchev–Trinajstić information content (AvgIpc) is 3.27. The Bertz CT molecular complexity index is 754. The average molecular weight is 352 g/mol. The molecule has 0 aromatic heterocycles. The number of fused-ring (bicyclic) bond motifs is 8. The summed E-state index contributed by atoms with van der Waals surface area (Å²) < 4.78 is 12.4. The topological polar surface area (TPSA) is 35.5 Å². The molecule has 2 bridgehead atoms. The van der Waals surface area contributed by atoms with Crippen molar-refractivity contribution < 1.29 is 14.3 Å². The lowest BCUT2D eigenvalue weighted by molar-refractivity contribution is -0.284. The van der Waals surface area contributed by atoms with E-state index in [4.69, 9.17) is 9.47 Å². The lowest BCUT2D eigenvalue weighted by atomic mass is 9.41. The van der Waals surface area contributed by atoms with Crippen LogP contribution in [-0.4, -0.2) is 18.2 Å². The molecule has 1 aromatic carbocycles. The Kier molecular flexibility index (Phi) is 3.62. The standard InChI is InChI=1S/C23H28O3/c1-3-25-21(24)23-17-12-15(2)18(13-17)20(23)19-10-7-11-22(19,23)26-14-16-8-5-4-6-9-16/h4-6,8-9,12,17-20H,3,7,10-11,13-14H2,1-2H3/t17-,18-,19+,20+,22-,23+/m1/s1. The van der Waals surface area contributed by atoms with Gasteiger partial charge in [0.25, 0.3) is 0 Å². The molecule has 138 valence electrons. The molecule has 6 atom stereocenters. The Labute approximate surface area is 155 Å². The second-order valence-electron chi connectivity index (χ2n) is 8.64. The minimum Gasteiger partial charge on any atom is -0.465 e. The highest BCUT2D eigenvalue weighted by Crippen LogP contribution is 2.79. The van der Waals surface area contributed by atoms with E-state index in [1.165, 1.54) is 17.6 Å². The molecule has 3 nitrogen and oxygen atoms in total. The molecule has 0 spiro atoms. The first-order chi connectivity index (χ1) is 12.6. The van der Waals surface area contributed by atoms with Gasteiger partial charge in [-0.25, -0.2) is 0 Å². The number of rotatable bonds is 5. The monoisotopic (exact) mass is 352 g/mol. The fraction of sp³-hybridized carbons (Fsp3) is 0.609. The second-order valence-corrected chi connectivity index (χ2v) is 8.64. The number of benzene rings is 1. The quantitative estimate of drug-likeness (QED) is 0.577. The molecule has 3 fully saturated rings. The molecule has 0 saturated heterocycles. The van der Waals surface area contributed by atoms with E-state index in [0.29, 0.717) is 36.9 Å². The fourth-order valence-electron chi connectivity index (χ4n) is 7.16. The van der Waals surface area contributed by atoms with E-state index in [2.05, 4.69) is 37.3 Å². The number of allylic oxidation sites excluding steroid dienone is 2. The van der Waals surface area contributed by atoms with E-state index < -0.39 is 5.41 Å². The van der Waals surface area contributed by atoms with E-state index >= 15 is 0 Å². The summed E-state index contributed by atoms with van der Waals surface area (Å²) in [4.78, 5) is 13.4. The van der Waals surface area contributed by atoms with Crippen LogP contribution >= 0.6 is 0 Å². The van der Waals surface area contributed by atoms with Gasteiger partial charge < -0.3 is 9.47 Å². The maximum absolute atomic E-state index is 13.4. The molecule has 4 aliphatic carbocycles. The Hall–Kier alpha value is -1.61. The smallest absolute Gasteiger partial charge is 0.315 e. The first kappa shape index (κ1) is 16.6. The first-order valence-electron chi connectivity index (χ1n) is 10.2. The molecular formula is C23H28O3. The molecular weight excluding hydrogens is 324 g/mol. The highest BCUT2D eigenvalue weighted by atomic mass is 16.5. The zero-order valence-corrected chi connectivity index (χ0v) is 15.7. The normalized spacial score (nSPS) is 42.0. The SMILES string of the molecule is CCOC(=O)[C@@]12[C@@H]([C@@H]3C[C@H]1C=C3C)[C@@H]1CCC[C@@]12OCc1ccccc1. The van der Waals surface area contributed by atoms with Crippen LogP contribution in [0.25, 0.3) is 0 Å². The highest BCUT2D eigenvalue weighted by Gasteiger charge is 2.84. The predicted octanol–water partition coefficient (Wildman–Crippen LogP) is 4.52. The summed E-state index contributed by atoms with van der Waals surface area (Å²) in [5, 5.41) is 0. The third-order valence-electron chi connectivity index (χ3n) is 7.85. The zero-order valence-electron chi connectivity index (χ0n) is 15.7. The molecule has 0 N–H and O–H groups in total.